The van der Waals surface area contributed by atoms with Crippen molar-refractivity contribution in [3.63, 3.8) is 0 Å². The van der Waals surface area contributed by atoms with Gasteiger partial charge in [0, 0.05) is 49.8 Å². The lowest BCUT2D eigenvalue weighted by Gasteiger charge is -2.35. The predicted octanol–water partition coefficient (Wildman–Crippen LogP) is 1.52. The number of amides is 3. The molecule has 0 bridgehead atoms. The number of nitrogens with zero attached hydrogens (tertiary/aromatic N) is 2. The number of carbonyl (C=O) groups excluding carboxylic acids is 3. The molecule has 1 aliphatic heterocycles. The fourth-order valence-electron chi connectivity index (χ4n) is 3.04. The Morgan fingerprint density at radius 3 is 2.32 bits per heavy atom. The summed E-state index contributed by atoms with van der Waals surface area (Å²) in [6.45, 7) is 4.89. The molecule has 1 heterocycles. The maximum atomic E-state index is 12.7. The van der Waals surface area contributed by atoms with Crippen LogP contribution in [-0.4, -0.2) is 60.2 Å². The van der Waals surface area contributed by atoms with Crippen molar-refractivity contribution in [2.24, 2.45) is 5.92 Å². The Morgan fingerprint density at radius 2 is 1.68 bits per heavy atom. The highest BCUT2D eigenvalue weighted by molar-refractivity contribution is 5.99. The highest BCUT2D eigenvalue weighted by Gasteiger charge is 2.35. The Bertz CT molecular complexity index is 662. The first-order valence-corrected chi connectivity index (χ1v) is 9.06. The Balaban J connectivity index is 1.59. The Kier molecular flexibility index (Phi) is 5.36. The lowest BCUT2D eigenvalue weighted by molar-refractivity contribution is -0.134. The summed E-state index contributed by atoms with van der Waals surface area (Å²) in [5.41, 5.74) is 1.02. The van der Waals surface area contributed by atoms with Gasteiger partial charge in [-0.2, -0.15) is 0 Å². The van der Waals surface area contributed by atoms with Gasteiger partial charge in [-0.25, -0.2) is 0 Å². The maximum Gasteiger partial charge on any atom is 0.253 e. The van der Waals surface area contributed by atoms with Gasteiger partial charge in [0.1, 0.15) is 0 Å². The van der Waals surface area contributed by atoms with Crippen molar-refractivity contribution in [1.82, 2.24) is 15.1 Å². The molecule has 134 valence electrons. The van der Waals surface area contributed by atoms with E-state index in [1.165, 1.54) is 0 Å². The predicted molar refractivity (Wildman–Crippen MR) is 94.3 cm³/mol. The van der Waals surface area contributed by atoms with Gasteiger partial charge in [0.25, 0.3) is 11.8 Å². The van der Waals surface area contributed by atoms with Gasteiger partial charge in [0.2, 0.25) is 5.91 Å². The molecular formula is C19H25N3O3. The van der Waals surface area contributed by atoms with Crippen LogP contribution in [0.2, 0.25) is 0 Å². The minimum absolute atomic E-state index is 0.0799. The van der Waals surface area contributed by atoms with Gasteiger partial charge in [0.15, 0.2) is 0 Å². The van der Waals surface area contributed by atoms with E-state index in [0.29, 0.717) is 43.9 Å². The van der Waals surface area contributed by atoms with Crippen molar-refractivity contribution in [3.05, 3.63) is 35.4 Å². The van der Waals surface area contributed by atoms with Gasteiger partial charge in [-0.1, -0.05) is 13.0 Å². The highest BCUT2D eigenvalue weighted by atomic mass is 16.2. The molecule has 25 heavy (non-hydrogen) atoms. The average molecular weight is 343 g/mol. The molecule has 1 saturated heterocycles. The summed E-state index contributed by atoms with van der Waals surface area (Å²) in [5, 5.41) is 2.82. The summed E-state index contributed by atoms with van der Waals surface area (Å²) in [6.07, 6.45) is 2.88. The monoisotopic (exact) mass is 343 g/mol. The van der Waals surface area contributed by atoms with E-state index in [0.717, 1.165) is 19.3 Å². The first-order chi connectivity index (χ1) is 12.1. The second kappa shape index (κ2) is 7.68. The lowest BCUT2D eigenvalue weighted by Crippen LogP contribution is -2.51. The van der Waals surface area contributed by atoms with Gasteiger partial charge in [-0.3, -0.25) is 14.4 Å². The quantitative estimate of drug-likeness (QED) is 0.881. The van der Waals surface area contributed by atoms with Crippen LogP contribution in [0.5, 0.6) is 0 Å². The molecule has 1 aliphatic carbocycles. The maximum absolute atomic E-state index is 12.7. The van der Waals surface area contributed by atoms with E-state index in [4.69, 9.17) is 0 Å². The van der Waals surface area contributed by atoms with Gasteiger partial charge < -0.3 is 15.1 Å². The Hall–Kier alpha value is -2.37. The van der Waals surface area contributed by atoms with Crippen LogP contribution in [0.1, 0.15) is 46.9 Å². The molecule has 0 spiro atoms. The van der Waals surface area contributed by atoms with E-state index >= 15 is 0 Å². The van der Waals surface area contributed by atoms with E-state index < -0.39 is 0 Å². The largest absolute Gasteiger partial charge is 0.352 e. The van der Waals surface area contributed by atoms with E-state index in [9.17, 15) is 14.4 Å². The van der Waals surface area contributed by atoms with Crippen LogP contribution >= 0.6 is 0 Å². The first kappa shape index (κ1) is 17.5. The molecule has 0 aromatic heterocycles. The molecule has 0 atom stereocenters. The van der Waals surface area contributed by atoms with Crippen molar-refractivity contribution < 1.29 is 14.4 Å². The smallest absolute Gasteiger partial charge is 0.253 e. The van der Waals surface area contributed by atoms with Crippen LogP contribution in [0.3, 0.4) is 0 Å². The van der Waals surface area contributed by atoms with Gasteiger partial charge >= 0.3 is 0 Å². The van der Waals surface area contributed by atoms with Crippen LogP contribution in [0.15, 0.2) is 24.3 Å². The van der Waals surface area contributed by atoms with E-state index in [1.54, 1.807) is 29.2 Å². The number of rotatable bonds is 5. The number of nitrogens with one attached hydrogen (secondary N) is 1. The molecule has 2 aliphatic rings. The van der Waals surface area contributed by atoms with Crippen LogP contribution < -0.4 is 5.32 Å². The van der Waals surface area contributed by atoms with Gasteiger partial charge in [-0.05, 0) is 37.5 Å². The molecule has 1 aromatic rings. The second-order valence-corrected chi connectivity index (χ2v) is 6.73. The summed E-state index contributed by atoms with van der Waals surface area (Å²) < 4.78 is 0. The first-order valence-electron chi connectivity index (χ1n) is 9.06. The van der Waals surface area contributed by atoms with Crippen molar-refractivity contribution >= 4 is 17.7 Å². The summed E-state index contributed by atoms with van der Waals surface area (Å²) in [4.78, 5) is 40.5. The molecule has 3 rings (SSSR count). The fraction of sp³-hybridized carbons (Fsp3) is 0.526. The molecule has 1 N–H and O–H groups in total. The molecule has 1 saturated carbocycles. The van der Waals surface area contributed by atoms with E-state index in [2.05, 4.69) is 5.32 Å². The summed E-state index contributed by atoms with van der Waals surface area (Å²) >= 11 is 0. The zero-order valence-electron chi connectivity index (χ0n) is 14.7. The third kappa shape index (κ3) is 4.18. The number of carbonyl (C=O) groups is 3. The minimum Gasteiger partial charge on any atom is -0.352 e. The molecule has 0 radical (unpaired) electrons. The van der Waals surface area contributed by atoms with Crippen LogP contribution in [0, 0.1) is 5.92 Å². The molecular weight excluding hydrogens is 318 g/mol. The number of hydrogen-bond acceptors (Lipinski definition) is 3. The average Bonchev–Trinajstić information content (AvgIpc) is 3.50. The van der Waals surface area contributed by atoms with E-state index in [1.807, 2.05) is 11.8 Å². The number of piperazine rings is 1. The zero-order chi connectivity index (χ0) is 17.8. The van der Waals surface area contributed by atoms with Crippen LogP contribution in [0.25, 0.3) is 0 Å². The third-order valence-corrected chi connectivity index (χ3v) is 4.71. The van der Waals surface area contributed by atoms with Crippen molar-refractivity contribution in [2.45, 2.75) is 26.2 Å². The minimum atomic E-state index is -0.156. The fourth-order valence-corrected chi connectivity index (χ4v) is 3.04. The second-order valence-electron chi connectivity index (χ2n) is 6.73. The van der Waals surface area contributed by atoms with Gasteiger partial charge in [0.05, 0.1) is 0 Å². The lowest BCUT2D eigenvalue weighted by atomic mass is 10.1. The molecule has 0 unspecified atom stereocenters. The van der Waals surface area contributed by atoms with Crippen molar-refractivity contribution in [1.29, 1.82) is 0 Å². The summed E-state index contributed by atoms with van der Waals surface area (Å²) in [6, 6.07) is 6.84. The Labute approximate surface area is 148 Å². The van der Waals surface area contributed by atoms with Crippen LogP contribution in [-0.2, 0) is 4.79 Å². The topological polar surface area (TPSA) is 69.7 Å². The van der Waals surface area contributed by atoms with E-state index in [-0.39, 0.29) is 23.6 Å². The normalized spacial score (nSPS) is 17.3. The van der Waals surface area contributed by atoms with Crippen molar-refractivity contribution in [2.75, 3.05) is 32.7 Å². The number of benzene rings is 1. The molecule has 6 nitrogen and oxygen atoms in total. The standard InChI is InChI=1S/C19H25N3O3/c1-2-8-20-17(23)15-4-3-5-16(13-15)19(25)22-11-9-21(10-12-22)18(24)14-6-7-14/h3-5,13-14H,2,6-12H2,1H3,(H,20,23). The third-order valence-electron chi connectivity index (χ3n) is 4.71. The summed E-state index contributed by atoms with van der Waals surface area (Å²) in [7, 11) is 0. The van der Waals surface area contributed by atoms with Gasteiger partial charge in [-0.15, -0.1) is 0 Å². The molecule has 6 heteroatoms. The molecule has 3 amide bonds. The summed E-state index contributed by atoms with van der Waals surface area (Å²) in [5.74, 6) is 0.224. The molecule has 1 aromatic carbocycles. The Morgan fingerprint density at radius 1 is 1.04 bits per heavy atom. The SMILES string of the molecule is CCCNC(=O)c1cccc(C(=O)N2CCN(C(=O)C3CC3)CC2)c1. The molecule has 2 fully saturated rings. The van der Waals surface area contributed by atoms with Crippen molar-refractivity contribution in [3.8, 4) is 0 Å². The number of hydrogen-bond donors (Lipinski definition) is 1. The highest BCUT2D eigenvalue weighted by Crippen LogP contribution is 2.31. The zero-order valence-corrected chi connectivity index (χ0v) is 14.7. The van der Waals surface area contributed by atoms with Crippen LogP contribution in [0.4, 0.5) is 0 Å².